The molecule has 0 spiro atoms. The molecule has 178 valence electrons. The number of ketones is 1. The predicted molar refractivity (Wildman–Crippen MR) is 114 cm³/mol. The second kappa shape index (κ2) is 10.6. The Kier molecular flexibility index (Phi) is 8.10. The number of hydrogen-bond acceptors (Lipinski definition) is 6. The number of alkyl halides is 3. The summed E-state index contributed by atoms with van der Waals surface area (Å²) in [6.07, 6.45) is 5.74. The molecular formula is C22H31F3N4O3. The summed E-state index contributed by atoms with van der Waals surface area (Å²) < 4.78 is 31.7. The van der Waals surface area contributed by atoms with Crippen LogP contribution in [0.5, 0.6) is 0 Å². The highest BCUT2D eigenvalue weighted by atomic mass is 19.4. The van der Waals surface area contributed by atoms with Gasteiger partial charge in [-0.25, -0.2) is 9.78 Å². The minimum absolute atomic E-state index is 0.216. The molecule has 7 nitrogen and oxygen atoms in total. The first-order valence-electron chi connectivity index (χ1n) is 11.2. The van der Waals surface area contributed by atoms with E-state index in [1.807, 2.05) is 12.1 Å². The number of hydrogen-bond donors (Lipinski definition) is 2. The van der Waals surface area contributed by atoms with Gasteiger partial charge in [0.15, 0.2) is 5.78 Å². The molecule has 3 atom stereocenters. The fraction of sp³-hybridized carbons (Fsp3) is 0.682. The van der Waals surface area contributed by atoms with Crippen LogP contribution in [-0.2, 0) is 4.79 Å². The van der Waals surface area contributed by atoms with E-state index in [0.29, 0.717) is 24.5 Å². The van der Waals surface area contributed by atoms with E-state index in [0.717, 1.165) is 43.9 Å². The molecule has 0 saturated carbocycles. The van der Waals surface area contributed by atoms with Crippen molar-refractivity contribution in [3.05, 3.63) is 23.9 Å². The molecule has 1 aromatic heterocycles. The van der Waals surface area contributed by atoms with Gasteiger partial charge in [0.05, 0.1) is 0 Å². The standard InChI is InChI=1S/C20H30N4O.C2HF3O2/c21-16-12-17-5-6-18(13-16)24(17)20-7-4-15(14-22-20)19(25)8-11-23-9-2-1-3-10-23;3-2(4,5)1(6)7/h4,7,14,16-18H,1-3,5-6,8-13,21H2;(H,6,7)/t16?,17-,18+;. The molecule has 0 aliphatic carbocycles. The molecule has 32 heavy (non-hydrogen) atoms. The summed E-state index contributed by atoms with van der Waals surface area (Å²) in [6, 6.07) is 5.40. The average Bonchev–Trinajstić information content (AvgIpc) is 3.03. The lowest BCUT2D eigenvalue weighted by Crippen LogP contribution is -2.47. The van der Waals surface area contributed by atoms with Crippen LogP contribution in [0.4, 0.5) is 19.0 Å². The van der Waals surface area contributed by atoms with Crippen LogP contribution in [-0.4, -0.2) is 70.7 Å². The van der Waals surface area contributed by atoms with Crippen LogP contribution in [0.15, 0.2) is 18.3 Å². The normalized spacial score (nSPS) is 25.8. The maximum Gasteiger partial charge on any atom is 0.490 e. The number of carbonyl (C=O) groups excluding carboxylic acids is 1. The van der Waals surface area contributed by atoms with E-state index in [4.69, 9.17) is 15.6 Å². The van der Waals surface area contributed by atoms with Gasteiger partial charge in [-0.1, -0.05) is 6.42 Å². The zero-order valence-corrected chi connectivity index (χ0v) is 18.1. The zero-order chi connectivity index (χ0) is 23.3. The number of nitrogens with zero attached hydrogens (tertiary/aromatic N) is 3. The van der Waals surface area contributed by atoms with E-state index in [-0.39, 0.29) is 5.78 Å². The van der Waals surface area contributed by atoms with Gasteiger partial charge in [0, 0.05) is 42.9 Å². The molecule has 4 rings (SSSR count). The fourth-order valence-corrected chi connectivity index (χ4v) is 4.88. The van der Waals surface area contributed by atoms with Crippen LogP contribution >= 0.6 is 0 Å². The summed E-state index contributed by atoms with van der Waals surface area (Å²) in [5.74, 6) is -1.52. The van der Waals surface area contributed by atoms with E-state index < -0.39 is 12.1 Å². The largest absolute Gasteiger partial charge is 0.490 e. The van der Waals surface area contributed by atoms with Gasteiger partial charge in [0.25, 0.3) is 0 Å². The van der Waals surface area contributed by atoms with Crippen molar-refractivity contribution in [2.45, 2.75) is 75.7 Å². The third-order valence-corrected chi connectivity index (χ3v) is 6.45. The van der Waals surface area contributed by atoms with E-state index in [2.05, 4.69) is 14.8 Å². The second-order valence-corrected chi connectivity index (χ2v) is 8.81. The molecule has 2 bridgehead atoms. The number of carboxylic acid groups (broad SMARTS) is 1. The lowest BCUT2D eigenvalue weighted by molar-refractivity contribution is -0.192. The van der Waals surface area contributed by atoms with Crippen LogP contribution in [0.2, 0.25) is 0 Å². The lowest BCUT2D eigenvalue weighted by atomic mass is 9.98. The first kappa shape index (κ1) is 24.4. The Morgan fingerprint density at radius 3 is 2.19 bits per heavy atom. The Bertz CT molecular complexity index is 768. The molecular weight excluding hydrogens is 425 g/mol. The van der Waals surface area contributed by atoms with Crippen LogP contribution < -0.4 is 10.6 Å². The highest BCUT2D eigenvalue weighted by molar-refractivity contribution is 5.96. The van der Waals surface area contributed by atoms with Crippen LogP contribution in [0.1, 0.15) is 61.7 Å². The van der Waals surface area contributed by atoms with Crippen molar-refractivity contribution in [2.24, 2.45) is 5.73 Å². The SMILES string of the molecule is NC1C[C@H]2CC[C@@H](C1)N2c1ccc(C(=O)CCN2CCCCC2)cn1.O=C(O)C(F)(F)F. The Labute approximate surface area is 185 Å². The molecule has 3 fully saturated rings. The number of likely N-dealkylation sites (tertiary alicyclic amines) is 1. The van der Waals surface area contributed by atoms with E-state index in [1.54, 1.807) is 6.20 Å². The second-order valence-electron chi connectivity index (χ2n) is 8.81. The van der Waals surface area contributed by atoms with Crippen molar-refractivity contribution >= 4 is 17.6 Å². The van der Waals surface area contributed by atoms with Crippen molar-refractivity contribution in [3.63, 3.8) is 0 Å². The highest BCUT2D eigenvalue weighted by Crippen LogP contribution is 2.37. The van der Waals surface area contributed by atoms with Gasteiger partial charge in [-0.05, 0) is 63.7 Å². The molecule has 0 aromatic carbocycles. The van der Waals surface area contributed by atoms with Gasteiger partial charge in [0.2, 0.25) is 0 Å². The first-order chi connectivity index (χ1) is 15.1. The smallest absolute Gasteiger partial charge is 0.475 e. The van der Waals surface area contributed by atoms with Gasteiger partial charge >= 0.3 is 12.1 Å². The van der Waals surface area contributed by atoms with Crippen molar-refractivity contribution < 1.29 is 27.9 Å². The minimum Gasteiger partial charge on any atom is -0.475 e. The number of Topliss-reactive ketones (excluding diaryl/α,β-unsaturated/α-hetero) is 1. The van der Waals surface area contributed by atoms with Crippen molar-refractivity contribution in [1.29, 1.82) is 0 Å². The Hall–Kier alpha value is -2.20. The molecule has 1 aromatic rings. The number of rotatable bonds is 5. The number of pyridine rings is 1. The third kappa shape index (κ3) is 6.41. The number of piperidine rings is 2. The summed E-state index contributed by atoms with van der Waals surface area (Å²) >= 11 is 0. The molecule has 0 radical (unpaired) electrons. The molecule has 3 aliphatic heterocycles. The quantitative estimate of drug-likeness (QED) is 0.656. The van der Waals surface area contributed by atoms with Gasteiger partial charge < -0.3 is 20.6 Å². The van der Waals surface area contributed by atoms with E-state index >= 15 is 0 Å². The number of halogens is 3. The van der Waals surface area contributed by atoms with E-state index in [1.165, 1.54) is 32.1 Å². The summed E-state index contributed by atoms with van der Waals surface area (Å²) in [5.41, 5.74) is 6.91. The molecule has 1 unspecified atom stereocenters. The Morgan fingerprint density at radius 2 is 1.69 bits per heavy atom. The molecule has 10 heteroatoms. The number of aliphatic carboxylic acids is 1. The van der Waals surface area contributed by atoms with Crippen molar-refractivity contribution in [3.8, 4) is 0 Å². The highest BCUT2D eigenvalue weighted by Gasteiger charge is 2.40. The van der Waals surface area contributed by atoms with Gasteiger partial charge in [-0.3, -0.25) is 4.79 Å². The van der Waals surface area contributed by atoms with Crippen molar-refractivity contribution in [2.75, 3.05) is 24.5 Å². The molecule has 3 saturated heterocycles. The van der Waals surface area contributed by atoms with Gasteiger partial charge in [-0.15, -0.1) is 0 Å². The van der Waals surface area contributed by atoms with Crippen LogP contribution in [0.3, 0.4) is 0 Å². The zero-order valence-electron chi connectivity index (χ0n) is 18.1. The maximum absolute atomic E-state index is 12.5. The number of anilines is 1. The summed E-state index contributed by atoms with van der Waals surface area (Å²) in [5, 5.41) is 7.12. The van der Waals surface area contributed by atoms with Gasteiger partial charge in [0.1, 0.15) is 5.82 Å². The first-order valence-corrected chi connectivity index (χ1v) is 11.2. The Morgan fingerprint density at radius 1 is 1.09 bits per heavy atom. The number of carboxylic acids is 1. The predicted octanol–water partition coefficient (Wildman–Crippen LogP) is 3.23. The number of aromatic nitrogens is 1. The van der Waals surface area contributed by atoms with Gasteiger partial charge in [-0.2, -0.15) is 13.2 Å². The number of carbonyl (C=O) groups is 2. The molecule has 0 amide bonds. The summed E-state index contributed by atoms with van der Waals surface area (Å²) in [6.45, 7) is 3.17. The van der Waals surface area contributed by atoms with Crippen LogP contribution in [0.25, 0.3) is 0 Å². The topological polar surface area (TPSA) is 99.8 Å². The summed E-state index contributed by atoms with van der Waals surface area (Å²) in [4.78, 5) is 30.9. The number of fused-ring (bicyclic) bond motifs is 2. The lowest BCUT2D eigenvalue weighted by Gasteiger charge is -2.38. The average molecular weight is 457 g/mol. The summed E-state index contributed by atoms with van der Waals surface area (Å²) in [7, 11) is 0. The fourth-order valence-electron chi connectivity index (χ4n) is 4.88. The van der Waals surface area contributed by atoms with Crippen LogP contribution in [0, 0.1) is 0 Å². The van der Waals surface area contributed by atoms with E-state index in [9.17, 15) is 18.0 Å². The third-order valence-electron chi connectivity index (χ3n) is 6.45. The van der Waals surface area contributed by atoms with Crippen molar-refractivity contribution in [1.82, 2.24) is 9.88 Å². The monoisotopic (exact) mass is 456 g/mol. The molecule has 3 aliphatic rings. The molecule has 4 heterocycles. The minimum atomic E-state index is -5.08. The number of nitrogens with two attached hydrogens (primary N) is 1. The maximum atomic E-state index is 12.5. The molecule has 3 N–H and O–H groups in total. The Balaban J connectivity index is 0.000000360.